The molecular weight excluding hydrogens is 302 g/mol. The zero-order valence-electron chi connectivity index (χ0n) is 14.3. The molecule has 2 aliphatic rings. The zero-order valence-corrected chi connectivity index (χ0v) is 14.3. The van der Waals surface area contributed by atoms with Crippen molar-refractivity contribution in [3.05, 3.63) is 53.0 Å². The maximum Gasteiger partial charge on any atom is 0.133 e. The Balaban J connectivity index is 1.40. The lowest BCUT2D eigenvalue weighted by molar-refractivity contribution is 0.000800. The third-order valence-corrected chi connectivity index (χ3v) is 5.06. The molecule has 0 unspecified atom stereocenters. The minimum atomic E-state index is 0.155. The van der Waals surface area contributed by atoms with E-state index in [2.05, 4.69) is 29.2 Å². The smallest absolute Gasteiger partial charge is 0.133 e. The van der Waals surface area contributed by atoms with Crippen molar-refractivity contribution in [2.45, 2.75) is 44.9 Å². The van der Waals surface area contributed by atoms with E-state index in [1.54, 1.807) is 7.11 Å². The lowest BCUT2D eigenvalue weighted by Crippen LogP contribution is -2.29. The second-order valence-electron chi connectivity index (χ2n) is 6.75. The molecule has 0 radical (unpaired) electrons. The highest BCUT2D eigenvalue weighted by molar-refractivity contribution is 5.37. The summed E-state index contributed by atoms with van der Waals surface area (Å²) in [4.78, 5) is 2.44. The summed E-state index contributed by atoms with van der Waals surface area (Å²) in [6.45, 7) is 3.73. The van der Waals surface area contributed by atoms with Crippen LogP contribution in [0.15, 0.2) is 34.7 Å². The van der Waals surface area contributed by atoms with E-state index >= 15 is 0 Å². The second kappa shape index (κ2) is 6.99. The quantitative estimate of drug-likeness (QED) is 0.847. The number of hydrogen-bond acceptors (Lipinski definition) is 4. The number of ether oxygens (including phenoxy) is 2. The van der Waals surface area contributed by atoms with Gasteiger partial charge in [-0.25, -0.2) is 0 Å². The number of fused-ring (bicyclic) bond motifs is 1. The molecule has 1 atom stereocenters. The van der Waals surface area contributed by atoms with Crippen LogP contribution >= 0.6 is 0 Å². The van der Waals surface area contributed by atoms with E-state index in [4.69, 9.17) is 13.9 Å². The lowest BCUT2D eigenvalue weighted by atomic mass is 9.99. The maximum atomic E-state index is 6.06. The summed E-state index contributed by atoms with van der Waals surface area (Å²) < 4.78 is 17.2. The summed E-state index contributed by atoms with van der Waals surface area (Å²) in [6.07, 6.45) is 4.69. The van der Waals surface area contributed by atoms with Crippen LogP contribution in [0.1, 0.15) is 48.0 Å². The number of methoxy groups -OCH3 is 1. The Morgan fingerprint density at radius 2 is 2.12 bits per heavy atom. The third kappa shape index (κ3) is 3.35. The van der Waals surface area contributed by atoms with Crippen molar-refractivity contribution in [2.75, 3.05) is 20.3 Å². The summed E-state index contributed by atoms with van der Waals surface area (Å²) in [7, 11) is 1.72. The van der Waals surface area contributed by atoms with E-state index in [1.807, 2.05) is 6.07 Å². The van der Waals surface area contributed by atoms with Crippen LogP contribution in [-0.4, -0.2) is 25.2 Å². The van der Waals surface area contributed by atoms with Gasteiger partial charge in [0.05, 0.1) is 13.7 Å². The van der Waals surface area contributed by atoms with E-state index in [0.717, 1.165) is 56.4 Å². The topological polar surface area (TPSA) is 34.8 Å². The average molecular weight is 327 g/mol. The summed E-state index contributed by atoms with van der Waals surface area (Å²) in [6, 6.07) is 10.6. The maximum absolute atomic E-state index is 6.06. The number of furan rings is 1. The van der Waals surface area contributed by atoms with Gasteiger partial charge in [0.2, 0.25) is 0 Å². The Kier molecular flexibility index (Phi) is 4.58. The van der Waals surface area contributed by atoms with Crippen LogP contribution in [-0.2, 0) is 24.2 Å². The number of benzene rings is 1. The van der Waals surface area contributed by atoms with Crippen LogP contribution in [0.4, 0.5) is 0 Å². The van der Waals surface area contributed by atoms with Crippen LogP contribution in [0.2, 0.25) is 0 Å². The number of nitrogens with zero attached hydrogens (tertiary/aromatic N) is 1. The highest BCUT2D eigenvalue weighted by Gasteiger charge is 2.21. The van der Waals surface area contributed by atoms with Gasteiger partial charge in [-0.15, -0.1) is 0 Å². The molecule has 2 aliphatic heterocycles. The molecule has 3 heterocycles. The molecule has 128 valence electrons. The molecule has 1 aromatic heterocycles. The highest BCUT2D eigenvalue weighted by atomic mass is 16.5. The molecule has 1 fully saturated rings. The molecular formula is C20H25NO3. The van der Waals surface area contributed by atoms with E-state index in [0.29, 0.717) is 0 Å². The van der Waals surface area contributed by atoms with E-state index < -0.39 is 0 Å². The van der Waals surface area contributed by atoms with E-state index in [9.17, 15) is 0 Å². The highest BCUT2D eigenvalue weighted by Crippen LogP contribution is 2.30. The van der Waals surface area contributed by atoms with Crippen LogP contribution < -0.4 is 4.74 Å². The monoisotopic (exact) mass is 327 g/mol. The minimum Gasteiger partial charge on any atom is -0.497 e. The Bertz CT molecular complexity index is 688. The molecule has 4 nitrogen and oxygen atoms in total. The first-order valence-corrected chi connectivity index (χ1v) is 8.90. The molecule has 1 saturated heterocycles. The van der Waals surface area contributed by atoms with Crippen molar-refractivity contribution >= 4 is 0 Å². The molecule has 0 spiro atoms. The molecule has 0 saturated carbocycles. The van der Waals surface area contributed by atoms with Gasteiger partial charge in [0.25, 0.3) is 0 Å². The molecule has 4 rings (SSSR count). The fraction of sp³-hybridized carbons (Fsp3) is 0.500. The fourth-order valence-electron chi connectivity index (χ4n) is 3.69. The third-order valence-electron chi connectivity index (χ3n) is 5.06. The molecule has 0 bridgehead atoms. The molecule has 24 heavy (non-hydrogen) atoms. The summed E-state index contributed by atoms with van der Waals surface area (Å²) in [5.41, 5.74) is 2.80. The van der Waals surface area contributed by atoms with E-state index in [-0.39, 0.29) is 6.10 Å². The van der Waals surface area contributed by atoms with Crippen molar-refractivity contribution in [2.24, 2.45) is 0 Å². The molecule has 1 aromatic carbocycles. The SMILES string of the molecule is COc1ccc2c(c1)CCN(Cc1ccc([C@H]3CCCCO3)o1)C2. The van der Waals surface area contributed by atoms with Crippen LogP contribution in [0.25, 0.3) is 0 Å². The van der Waals surface area contributed by atoms with Crippen LogP contribution in [0, 0.1) is 0 Å². The molecule has 0 amide bonds. The van der Waals surface area contributed by atoms with Gasteiger partial charge >= 0.3 is 0 Å². The molecule has 2 aromatic rings. The fourth-order valence-corrected chi connectivity index (χ4v) is 3.69. The van der Waals surface area contributed by atoms with Gasteiger partial charge in [-0.3, -0.25) is 4.90 Å². The number of rotatable bonds is 4. The summed E-state index contributed by atoms with van der Waals surface area (Å²) in [5.74, 6) is 2.98. The van der Waals surface area contributed by atoms with Crippen molar-refractivity contribution < 1.29 is 13.9 Å². The minimum absolute atomic E-state index is 0.155. The van der Waals surface area contributed by atoms with Gasteiger partial charge in [0.1, 0.15) is 23.4 Å². The second-order valence-corrected chi connectivity index (χ2v) is 6.75. The zero-order chi connectivity index (χ0) is 16.4. The van der Waals surface area contributed by atoms with Crippen LogP contribution in [0.3, 0.4) is 0 Å². The van der Waals surface area contributed by atoms with Crippen molar-refractivity contribution in [3.63, 3.8) is 0 Å². The first kappa shape index (κ1) is 15.7. The van der Waals surface area contributed by atoms with Crippen molar-refractivity contribution in [3.8, 4) is 5.75 Å². The first-order valence-electron chi connectivity index (χ1n) is 8.90. The predicted molar refractivity (Wildman–Crippen MR) is 92.1 cm³/mol. The standard InChI is InChI=1S/C20H25NO3/c1-22-17-6-5-16-13-21(10-9-15(16)12-17)14-18-7-8-20(24-18)19-4-2-3-11-23-19/h5-8,12,19H,2-4,9-11,13-14H2,1H3/t19-/m1/s1. The lowest BCUT2D eigenvalue weighted by Gasteiger charge is -2.28. The van der Waals surface area contributed by atoms with Gasteiger partial charge in [-0.1, -0.05) is 6.07 Å². The van der Waals surface area contributed by atoms with E-state index in [1.165, 1.54) is 24.0 Å². The summed E-state index contributed by atoms with van der Waals surface area (Å²) >= 11 is 0. The Morgan fingerprint density at radius 1 is 1.17 bits per heavy atom. The van der Waals surface area contributed by atoms with Crippen molar-refractivity contribution in [1.29, 1.82) is 0 Å². The molecule has 0 N–H and O–H groups in total. The Morgan fingerprint density at radius 3 is 2.96 bits per heavy atom. The predicted octanol–water partition coefficient (Wildman–Crippen LogP) is 4.09. The Hall–Kier alpha value is -1.78. The van der Waals surface area contributed by atoms with Crippen LogP contribution in [0.5, 0.6) is 5.75 Å². The molecule has 4 heteroatoms. The largest absolute Gasteiger partial charge is 0.497 e. The number of hydrogen-bond donors (Lipinski definition) is 0. The van der Waals surface area contributed by atoms with Gasteiger partial charge in [-0.2, -0.15) is 0 Å². The van der Waals surface area contributed by atoms with Crippen molar-refractivity contribution in [1.82, 2.24) is 4.90 Å². The first-order chi connectivity index (χ1) is 11.8. The van der Waals surface area contributed by atoms with Gasteiger partial charge in [-0.05, 0) is 61.1 Å². The average Bonchev–Trinajstić information content (AvgIpc) is 3.10. The Labute approximate surface area is 143 Å². The summed E-state index contributed by atoms with van der Waals surface area (Å²) in [5, 5.41) is 0. The molecule has 0 aliphatic carbocycles. The van der Waals surface area contributed by atoms with Gasteiger partial charge in [0.15, 0.2) is 0 Å². The van der Waals surface area contributed by atoms with Gasteiger partial charge < -0.3 is 13.9 Å². The van der Waals surface area contributed by atoms with Gasteiger partial charge in [0, 0.05) is 19.7 Å². The normalized spacial score (nSPS) is 21.5.